The second kappa shape index (κ2) is 7.78. The number of nitrogens with one attached hydrogen (secondary N) is 1. The third-order valence-electron chi connectivity index (χ3n) is 2.83. The number of rotatable bonds is 6. The molecule has 2 nitrogen and oxygen atoms in total. The van der Waals surface area contributed by atoms with Crippen molar-refractivity contribution in [3.8, 4) is 11.5 Å². The van der Waals surface area contributed by atoms with Gasteiger partial charge in [0.1, 0.15) is 17.3 Å². The highest BCUT2D eigenvalue weighted by molar-refractivity contribution is 9.10. The molecule has 0 radical (unpaired) electrons. The van der Waals surface area contributed by atoms with E-state index < -0.39 is 0 Å². The fourth-order valence-electron chi connectivity index (χ4n) is 1.90. The average Bonchev–Trinajstić information content (AvgIpc) is 2.41. The van der Waals surface area contributed by atoms with Gasteiger partial charge >= 0.3 is 0 Å². The van der Waals surface area contributed by atoms with Crippen LogP contribution in [0, 0.1) is 5.82 Å². The molecule has 0 heterocycles. The minimum absolute atomic E-state index is 0.348. The quantitative estimate of drug-likeness (QED) is 0.673. The average molecular weight is 373 g/mol. The van der Waals surface area contributed by atoms with Crippen molar-refractivity contribution in [3.05, 3.63) is 57.3 Å². The Morgan fingerprint density at radius 1 is 1.24 bits per heavy atom. The molecular formula is C16H16BrClFNO. The Hall–Kier alpha value is -1.10. The lowest BCUT2D eigenvalue weighted by atomic mass is 10.2. The van der Waals surface area contributed by atoms with Crippen LogP contribution in [0.1, 0.15) is 18.9 Å². The summed E-state index contributed by atoms with van der Waals surface area (Å²) in [7, 11) is 0. The van der Waals surface area contributed by atoms with Crippen LogP contribution < -0.4 is 10.1 Å². The van der Waals surface area contributed by atoms with Crippen molar-refractivity contribution in [3.63, 3.8) is 0 Å². The van der Waals surface area contributed by atoms with Crippen LogP contribution in [0.3, 0.4) is 0 Å². The third-order valence-corrected chi connectivity index (χ3v) is 3.52. The van der Waals surface area contributed by atoms with Gasteiger partial charge in [0.2, 0.25) is 0 Å². The van der Waals surface area contributed by atoms with Gasteiger partial charge in [-0.1, -0.05) is 34.5 Å². The largest absolute Gasteiger partial charge is 0.457 e. The number of benzene rings is 2. The summed E-state index contributed by atoms with van der Waals surface area (Å²) in [6.07, 6.45) is 1.05. The maximum absolute atomic E-state index is 13.4. The SMILES string of the molecule is CCCNCc1cc(Cl)ccc1Oc1cc(F)cc(Br)c1. The Kier molecular flexibility index (Phi) is 6.03. The number of hydrogen-bond acceptors (Lipinski definition) is 2. The Balaban J connectivity index is 2.21. The Morgan fingerprint density at radius 2 is 2.05 bits per heavy atom. The van der Waals surface area contributed by atoms with Gasteiger partial charge in [0, 0.05) is 27.7 Å². The van der Waals surface area contributed by atoms with Gasteiger partial charge in [-0.3, -0.25) is 0 Å². The summed E-state index contributed by atoms with van der Waals surface area (Å²) in [6.45, 7) is 3.67. The Bertz CT molecular complexity index is 601. The van der Waals surface area contributed by atoms with Gasteiger partial charge in [-0.2, -0.15) is 0 Å². The molecule has 0 aliphatic carbocycles. The van der Waals surface area contributed by atoms with Crippen molar-refractivity contribution < 1.29 is 9.13 Å². The first-order valence-electron chi connectivity index (χ1n) is 6.71. The van der Waals surface area contributed by atoms with Crippen LogP contribution in [0.25, 0.3) is 0 Å². The lowest BCUT2D eigenvalue weighted by Crippen LogP contribution is -2.14. The predicted octanol–water partition coefficient (Wildman–Crippen LogP) is 5.53. The van der Waals surface area contributed by atoms with E-state index >= 15 is 0 Å². The third kappa shape index (κ3) is 4.99. The maximum Gasteiger partial charge on any atom is 0.132 e. The molecular weight excluding hydrogens is 357 g/mol. The monoisotopic (exact) mass is 371 g/mol. The summed E-state index contributed by atoms with van der Waals surface area (Å²) >= 11 is 9.29. The molecule has 0 bridgehead atoms. The van der Waals surface area contributed by atoms with Gasteiger partial charge in [-0.05, 0) is 43.3 Å². The maximum atomic E-state index is 13.4. The van der Waals surface area contributed by atoms with E-state index in [0.717, 1.165) is 18.5 Å². The minimum Gasteiger partial charge on any atom is -0.457 e. The zero-order valence-corrected chi connectivity index (χ0v) is 14.0. The van der Waals surface area contributed by atoms with E-state index in [2.05, 4.69) is 28.2 Å². The van der Waals surface area contributed by atoms with E-state index in [4.69, 9.17) is 16.3 Å². The molecule has 0 aromatic heterocycles. The Labute approximate surface area is 137 Å². The van der Waals surface area contributed by atoms with Crippen LogP contribution in [0.2, 0.25) is 5.02 Å². The first-order valence-corrected chi connectivity index (χ1v) is 7.88. The highest BCUT2D eigenvalue weighted by Gasteiger charge is 2.08. The van der Waals surface area contributed by atoms with E-state index in [1.807, 2.05) is 6.07 Å². The van der Waals surface area contributed by atoms with Crippen molar-refractivity contribution in [2.75, 3.05) is 6.54 Å². The smallest absolute Gasteiger partial charge is 0.132 e. The van der Waals surface area contributed by atoms with Crippen molar-refractivity contribution in [1.82, 2.24) is 5.32 Å². The van der Waals surface area contributed by atoms with Crippen molar-refractivity contribution >= 4 is 27.5 Å². The number of hydrogen-bond donors (Lipinski definition) is 1. The van der Waals surface area contributed by atoms with E-state index in [0.29, 0.717) is 27.5 Å². The summed E-state index contributed by atoms with van der Waals surface area (Å²) < 4.78 is 19.8. The minimum atomic E-state index is -0.348. The van der Waals surface area contributed by atoms with Crippen molar-refractivity contribution in [1.29, 1.82) is 0 Å². The molecule has 0 saturated heterocycles. The van der Waals surface area contributed by atoms with Gasteiger partial charge < -0.3 is 10.1 Å². The van der Waals surface area contributed by atoms with E-state index in [1.165, 1.54) is 12.1 Å². The molecule has 0 saturated carbocycles. The molecule has 0 aliphatic rings. The fourth-order valence-corrected chi connectivity index (χ4v) is 2.54. The van der Waals surface area contributed by atoms with E-state index in [1.54, 1.807) is 18.2 Å². The molecule has 5 heteroatoms. The molecule has 0 spiro atoms. The molecule has 2 rings (SSSR count). The summed E-state index contributed by atoms with van der Waals surface area (Å²) in [6, 6.07) is 9.87. The van der Waals surface area contributed by atoms with Gasteiger partial charge in [-0.15, -0.1) is 0 Å². The zero-order chi connectivity index (χ0) is 15.2. The highest BCUT2D eigenvalue weighted by atomic mass is 79.9. The first-order chi connectivity index (χ1) is 10.1. The van der Waals surface area contributed by atoms with Crippen LogP contribution in [-0.2, 0) is 6.54 Å². The fraction of sp³-hybridized carbons (Fsp3) is 0.250. The zero-order valence-electron chi connectivity index (χ0n) is 11.6. The summed E-state index contributed by atoms with van der Waals surface area (Å²) in [5.41, 5.74) is 0.941. The van der Waals surface area contributed by atoms with Crippen LogP contribution >= 0.6 is 27.5 Å². The lowest BCUT2D eigenvalue weighted by molar-refractivity contribution is 0.467. The molecule has 1 N–H and O–H groups in total. The molecule has 2 aromatic rings. The molecule has 0 amide bonds. The Morgan fingerprint density at radius 3 is 2.76 bits per heavy atom. The van der Waals surface area contributed by atoms with Gasteiger partial charge in [0.25, 0.3) is 0 Å². The molecule has 0 unspecified atom stereocenters. The van der Waals surface area contributed by atoms with Gasteiger partial charge in [0.15, 0.2) is 0 Å². The molecule has 2 aromatic carbocycles. The summed E-state index contributed by atoms with van der Waals surface area (Å²) in [5, 5.41) is 3.95. The van der Waals surface area contributed by atoms with Crippen molar-refractivity contribution in [2.45, 2.75) is 19.9 Å². The van der Waals surface area contributed by atoms with Gasteiger partial charge in [-0.25, -0.2) is 4.39 Å². The number of ether oxygens (including phenoxy) is 1. The lowest BCUT2D eigenvalue weighted by Gasteiger charge is -2.13. The first kappa shape index (κ1) is 16.3. The van der Waals surface area contributed by atoms with Gasteiger partial charge in [0.05, 0.1) is 0 Å². The predicted molar refractivity (Wildman–Crippen MR) is 87.6 cm³/mol. The normalized spacial score (nSPS) is 10.7. The van der Waals surface area contributed by atoms with E-state index in [9.17, 15) is 4.39 Å². The van der Waals surface area contributed by atoms with Crippen LogP contribution in [-0.4, -0.2) is 6.54 Å². The summed E-state index contributed by atoms with van der Waals surface area (Å²) in [4.78, 5) is 0. The van der Waals surface area contributed by atoms with Crippen LogP contribution in [0.5, 0.6) is 11.5 Å². The van der Waals surface area contributed by atoms with Crippen molar-refractivity contribution in [2.24, 2.45) is 0 Å². The number of halogens is 3. The van der Waals surface area contributed by atoms with E-state index in [-0.39, 0.29) is 5.82 Å². The molecule has 0 atom stereocenters. The molecule has 112 valence electrons. The standard InChI is InChI=1S/C16H16BrClFNO/c1-2-5-20-10-11-6-13(18)3-4-16(11)21-15-8-12(17)7-14(19)9-15/h3-4,6-9,20H,2,5,10H2,1H3. The van der Waals surface area contributed by atoms with Crippen LogP contribution in [0.15, 0.2) is 40.9 Å². The topological polar surface area (TPSA) is 21.3 Å². The van der Waals surface area contributed by atoms with Crippen LogP contribution in [0.4, 0.5) is 4.39 Å². The summed E-state index contributed by atoms with van der Waals surface area (Å²) in [5.74, 6) is 0.764. The highest BCUT2D eigenvalue weighted by Crippen LogP contribution is 2.30. The second-order valence-electron chi connectivity index (χ2n) is 4.64. The second-order valence-corrected chi connectivity index (χ2v) is 5.99. The molecule has 0 fully saturated rings. The molecule has 0 aliphatic heterocycles. The molecule has 21 heavy (non-hydrogen) atoms.